The first-order valence-corrected chi connectivity index (χ1v) is 5.04. The third kappa shape index (κ3) is 4.16. The van der Waals surface area contributed by atoms with Gasteiger partial charge in [-0.2, -0.15) is 0 Å². The Balaban J connectivity index is 2.43. The second-order valence-corrected chi connectivity index (χ2v) is 4.04. The molecule has 0 aromatic heterocycles. The Morgan fingerprint density at radius 1 is 1.47 bits per heavy atom. The van der Waals surface area contributed by atoms with E-state index < -0.39 is 12.0 Å². The van der Waals surface area contributed by atoms with Crippen LogP contribution in [-0.4, -0.2) is 29.6 Å². The molecule has 7 N–H and O–H groups in total. The third-order valence-corrected chi connectivity index (χ3v) is 2.67. The summed E-state index contributed by atoms with van der Waals surface area (Å²) in [5, 5.41) is 8.70. The summed E-state index contributed by atoms with van der Waals surface area (Å²) in [4.78, 5) is 14.5. The molecule has 0 spiro atoms. The van der Waals surface area contributed by atoms with Crippen molar-refractivity contribution in [2.75, 3.05) is 6.54 Å². The van der Waals surface area contributed by atoms with Crippen LogP contribution in [0.1, 0.15) is 19.3 Å². The van der Waals surface area contributed by atoms with Crippen LogP contribution >= 0.6 is 0 Å². The number of rotatable bonds is 6. The fraction of sp³-hybridized carbons (Fsp3) is 0.778. The lowest BCUT2D eigenvalue weighted by Crippen LogP contribution is -2.34. The second kappa shape index (κ2) is 4.97. The molecule has 6 nitrogen and oxygen atoms in total. The van der Waals surface area contributed by atoms with Crippen LogP contribution in [0.25, 0.3) is 0 Å². The van der Waals surface area contributed by atoms with E-state index in [0.29, 0.717) is 18.9 Å². The quantitative estimate of drug-likeness (QED) is 0.336. The van der Waals surface area contributed by atoms with Crippen LogP contribution in [0.5, 0.6) is 0 Å². The third-order valence-electron chi connectivity index (χ3n) is 2.67. The SMILES string of the molecule is NC(N)=NCC(C[C@H](N)C(=O)O)C1CC1. The van der Waals surface area contributed by atoms with Crippen molar-refractivity contribution in [2.24, 2.45) is 34.0 Å². The van der Waals surface area contributed by atoms with Crippen LogP contribution in [0, 0.1) is 11.8 Å². The average molecular weight is 214 g/mol. The molecule has 0 aromatic rings. The number of aliphatic carboxylic acids is 1. The van der Waals surface area contributed by atoms with Crippen molar-refractivity contribution in [2.45, 2.75) is 25.3 Å². The largest absolute Gasteiger partial charge is 0.480 e. The zero-order chi connectivity index (χ0) is 11.4. The number of carboxylic acid groups (broad SMARTS) is 1. The van der Waals surface area contributed by atoms with Gasteiger partial charge in [-0.25, -0.2) is 0 Å². The topological polar surface area (TPSA) is 128 Å². The number of guanidine groups is 1. The van der Waals surface area contributed by atoms with Gasteiger partial charge in [0.15, 0.2) is 5.96 Å². The molecule has 0 heterocycles. The lowest BCUT2D eigenvalue weighted by molar-refractivity contribution is -0.138. The van der Waals surface area contributed by atoms with E-state index in [1.807, 2.05) is 0 Å². The van der Waals surface area contributed by atoms with Gasteiger partial charge >= 0.3 is 5.97 Å². The number of nitrogens with zero attached hydrogens (tertiary/aromatic N) is 1. The first-order chi connectivity index (χ1) is 7.00. The van der Waals surface area contributed by atoms with Crippen LogP contribution in [0.2, 0.25) is 0 Å². The summed E-state index contributed by atoms with van der Waals surface area (Å²) in [6.07, 6.45) is 2.69. The van der Waals surface area contributed by atoms with Crippen LogP contribution in [0.3, 0.4) is 0 Å². The second-order valence-electron chi connectivity index (χ2n) is 4.04. The molecule has 6 heteroatoms. The minimum Gasteiger partial charge on any atom is -0.480 e. The van der Waals surface area contributed by atoms with Crippen molar-refractivity contribution < 1.29 is 9.90 Å². The Morgan fingerprint density at radius 3 is 2.47 bits per heavy atom. The zero-order valence-corrected chi connectivity index (χ0v) is 8.60. The van der Waals surface area contributed by atoms with Gasteiger partial charge in [-0.1, -0.05) is 0 Å². The highest BCUT2D eigenvalue weighted by Crippen LogP contribution is 2.39. The van der Waals surface area contributed by atoms with Gasteiger partial charge in [0, 0.05) is 6.54 Å². The number of carbonyl (C=O) groups is 1. The van der Waals surface area contributed by atoms with Gasteiger partial charge in [0.1, 0.15) is 6.04 Å². The molecular weight excluding hydrogens is 196 g/mol. The Hall–Kier alpha value is -1.30. The molecule has 1 rings (SSSR count). The monoisotopic (exact) mass is 214 g/mol. The summed E-state index contributed by atoms with van der Waals surface area (Å²) in [7, 11) is 0. The van der Waals surface area contributed by atoms with Crippen LogP contribution < -0.4 is 17.2 Å². The summed E-state index contributed by atoms with van der Waals surface area (Å²) in [5.41, 5.74) is 15.9. The Morgan fingerprint density at radius 2 is 2.07 bits per heavy atom. The Labute approximate surface area is 88.5 Å². The van der Waals surface area contributed by atoms with Crippen molar-refractivity contribution >= 4 is 11.9 Å². The van der Waals surface area contributed by atoms with Crippen LogP contribution in [0.4, 0.5) is 0 Å². The van der Waals surface area contributed by atoms with Crippen molar-refractivity contribution in [3.8, 4) is 0 Å². The molecule has 1 unspecified atom stereocenters. The van der Waals surface area contributed by atoms with Gasteiger partial charge in [0.2, 0.25) is 0 Å². The number of nitrogens with two attached hydrogens (primary N) is 3. The summed E-state index contributed by atoms with van der Waals surface area (Å²) in [6, 6.07) is -0.815. The number of hydrogen-bond acceptors (Lipinski definition) is 3. The van der Waals surface area contributed by atoms with Crippen LogP contribution in [-0.2, 0) is 4.79 Å². The molecule has 2 atom stereocenters. The van der Waals surface area contributed by atoms with Gasteiger partial charge in [-0.3, -0.25) is 9.79 Å². The highest BCUT2D eigenvalue weighted by Gasteiger charge is 2.33. The van der Waals surface area contributed by atoms with E-state index >= 15 is 0 Å². The number of carboxylic acids is 1. The summed E-state index contributed by atoms with van der Waals surface area (Å²) < 4.78 is 0. The molecule has 0 radical (unpaired) electrons. The lowest BCUT2D eigenvalue weighted by Gasteiger charge is -2.16. The molecule has 0 saturated heterocycles. The molecule has 15 heavy (non-hydrogen) atoms. The van der Waals surface area contributed by atoms with Gasteiger partial charge in [0.05, 0.1) is 0 Å². The van der Waals surface area contributed by atoms with Crippen molar-refractivity contribution in [1.29, 1.82) is 0 Å². The standard InChI is InChI=1S/C9H18N4O2/c10-7(8(14)15)3-6(5-1-2-5)4-13-9(11)12/h5-7H,1-4,10H2,(H,14,15)(H4,11,12,13)/t6?,7-/m0/s1. The highest BCUT2D eigenvalue weighted by atomic mass is 16.4. The van der Waals surface area contributed by atoms with Crippen LogP contribution in [0.15, 0.2) is 4.99 Å². The normalized spacial score (nSPS) is 19.3. The molecule has 86 valence electrons. The van der Waals surface area contributed by atoms with E-state index in [-0.39, 0.29) is 11.9 Å². The maximum absolute atomic E-state index is 10.6. The zero-order valence-electron chi connectivity index (χ0n) is 8.60. The number of hydrogen-bond donors (Lipinski definition) is 4. The van der Waals surface area contributed by atoms with Gasteiger partial charge in [-0.15, -0.1) is 0 Å². The van der Waals surface area contributed by atoms with E-state index in [2.05, 4.69) is 4.99 Å². The predicted octanol–water partition coefficient (Wildman–Crippen LogP) is -0.912. The average Bonchev–Trinajstić information content (AvgIpc) is 2.94. The molecule has 0 bridgehead atoms. The van der Waals surface area contributed by atoms with Crippen molar-refractivity contribution in [3.63, 3.8) is 0 Å². The van der Waals surface area contributed by atoms with E-state index in [1.165, 1.54) is 0 Å². The van der Waals surface area contributed by atoms with E-state index in [9.17, 15) is 4.79 Å². The lowest BCUT2D eigenvalue weighted by atomic mass is 9.95. The molecule has 1 fully saturated rings. The Bertz CT molecular complexity index is 259. The molecule has 1 aliphatic carbocycles. The van der Waals surface area contributed by atoms with E-state index in [0.717, 1.165) is 12.8 Å². The summed E-state index contributed by atoms with van der Waals surface area (Å²) >= 11 is 0. The molecular formula is C9H18N4O2. The van der Waals surface area contributed by atoms with Gasteiger partial charge in [-0.05, 0) is 31.1 Å². The summed E-state index contributed by atoms with van der Waals surface area (Å²) in [5.74, 6) is -0.188. The smallest absolute Gasteiger partial charge is 0.320 e. The van der Waals surface area contributed by atoms with Crippen molar-refractivity contribution in [1.82, 2.24) is 0 Å². The fourth-order valence-electron chi connectivity index (χ4n) is 1.63. The molecule has 1 aliphatic rings. The van der Waals surface area contributed by atoms with Crippen molar-refractivity contribution in [3.05, 3.63) is 0 Å². The molecule has 0 amide bonds. The van der Waals surface area contributed by atoms with E-state index in [1.54, 1.807) is 0 Å². The van der Waals surface area contributed by atoms with Gasteiger partial charge in [0.25, 0.3) is 0 Å². The summed E-state index contributed by atoms with van der Waals surface area (Å²) in [6.45, 7) is 0.480. The first kappa shape index (κ1) is 11.8. The molecule has 1 saturated carbocycles. The molecule has 0 aliphatic heterocycles. The van der Waals surface area contributed by atoms with Gasteiger partial charge < -0.3 is 22.3 Å². The predicted molar refractivity (Wildman–Crippen MR) is 57.1 cm³/mol. The maximum atomic E-state index is 10.6. The number of aliphatic imine (C=N–C) groups is 1. The minimum absolute atomic E-state index is 0.0459. The highest BCUT2D eigenvalue weighted by molar-refractivity contribution is 5.75. The minimum atomic E-state index is -0.967. The molecule has 0 aromatic carbocycles. The first-order valence-electron chi connectivity index (χ1n) is 5.04. The fourth-order valence-corrected chi connectivity index (χ4v) is 1.63. The Kier molecular flexibility index (Phi) is 3.90. The maximum Gasteiger partial charge on any atom is 0.320 e. The van der Waals surface area contributed by atoms with E-state index in [4.69, 9.17) is 22.3 Å².